The van der Waals surface area contributed by atoms with Gasteiger partial charge in [-0.05, 0) is 42.8 Å². The lowest BCUT2D eigenvalue weighted by molar-refractivity contribution is 0.0673. The third-order valence-corrected chi connectivity index (χ3v) is 5.22. The van der Waals surface area contributed by atoms with Crippen LogP contribution in [0.2, 0.25) is 5.02 Å². The van der Waals surface area contributed by atoms with Gasteiger partial charge in [0, 0.05) is 15.8 Å². The molecule has 0 unspecified atom stereocenters. The lowest BCUT2D eigenvalue weighted by atomic mass is 10.1. The number of esters is 1. The molecule has 2 aromatic heterocycles. The van der Waals surface area contributed by atoms with E-state index in [2.05, 4.69) is 9.97 Å². The first-order chi connectivity index (χ1) is 15.7. The van der Waals surface area contributed by atoms with Gasteiger partial charge < -0.3 is 24.3 Å². The predicted molar refractivity (Wildman–Crippen MR) is 121 cm³/mol. The molecule has 0 atom stereocenters. The van der Waals surface area contributed by atoms with Crippen molar-refractivity contribution in [2.75, 3.05) is 14.2 Å². The number of H-pyrrole nitrogens is 1. The van der Waals surface area contributed by atoms with Gasteiger partial charge in [-0.25, -0.2) is 14.6 Å². The van der Waals surface area contributed by atoms with Gasteiger partial charge in [-0.15, -0.1) is 0 Å². The standard InChI is InChI=1S/C23H17ClN2O7/c1-10-4-6-13-14(8-10)25-16(22(28)29)21(32-3)19(13)33-23(30)17-20(31-2)18(27)12-7-5-11(24)9-15(12)26-17/h4-9H,1-3H3,(H,26,27)(H,28,29). The first kappa shape index (κ1) is 22.1. The van der Waals surface area contributed by atoms with E-state index in [4.69, 9.17) is 25.8 Å². The number of carboxylic acid groups (broad SMARTS) is 1. The average molecular weight is 469 g/mol. The maximum absolute atomic E-state index is 13.2. The fraction of sp³-hybridized carbons (Fsp3) is 0.130. The van der Waals surface area contributed by atoms with Crippen molar-refractivity contribution in [2.45, 2.75) is 6.92 Å². The molecular formula is C23H17ClN2O7. The minimum absolute atomic E-state index is 0.154. The number of aromatic carboxylic acids is 1. The van der Waals surface area contributed by atoms with Crippen LogP contribution in [-0.4, -0.2) is 41.2 Å². The molecule has 9 nitrogen and oxygen atoms in total. The summed E-state index contributed by atoms with van der Waals surface area (Å²) in [6.07, 6.45) is 0. The Kier molecular flexibility index (Phi) is 5.65. The zero-order valence-electron chi connectivity index (χ0n) is 17.7. The number of nitrogens with one attached hydrogen (secondary N) is 1. The van der Waals surface area contributed by atoms with E-state index in [1.165, 1.54) is 26.4 Å². The third kappa shape index (κ3) is 3.83. The number of hydrogen-bond acceptors (Lipinski definition) is 7. The smallest absolute Gasteiger partial charge is 0.364 e. The van der Waals surface area contributed by atoms with E-state index in [0.717, 1.165) is 5.56 Å². The van der Waals surface area contributed by atoms with Crippen molar-refractivity contribution in [3.8, 4) is 17.2 Å². The number of aryl methyl sites for hydroxylation is 1. The highest BCUT2D eigenvalue weighted by molar-refractivity contribution is 6.31. The van der Waals surface area contributed by atoms with Gasteiger partial charge in [0.1, 0.15) is 0 Å². The number of aromatic amines is 1. The van der Waals surface area contributed by atoms with Gasteiger partial charge in [0.25, 0.3) is 0 Å². The Hall–Kier alpha value is -4.11. The van der Waals surface area contributed by atoms with Crippen LogP contribution < -0.4 is 19.6 Å². The fourth-order valence-corrected chi connectivity index (χ4v) is 3.66. The number of halogens is 1. The van der Waals surface area contributed by atoms with Crippen LogP contribution in [0.3, 0.4) is 0 Å². The van der Waals surface area contributed by atoms with E-state index in [0.29, 0.717) is 21.4 Å². The Morgan fingerprint density at radius 2 is 1.70 bits per heavy atom. The molecule has 0 amide bonds. The molecule has 4 rings (SSSR count). The predicted octanol–water partition coefficient (Wildman–Crippen LogP) is 3.97. The minimum atomic E-state index is -1.36. The van der Waals surface area contributed by atoms with Crippen molar-refractivity contribution in [1.29, 1.82) is 0 Å². The highest BCUT2D eigenvalue weighted by Gasteiger charge is 2.27. The molecule has 0 aliphatic heterocycles. The van der Waals surface area contributed by atoms with Gasteiger partial charge in [0.05, 0.1) is 25.3 Å². The molecule has 0 fully saturated rings. The molecule has 168 valence electrons. The topological polar surface area (TPSA) is 128 Å². The van der Waals surface area contributed by atoms with Gasteiger partial charge in [-0.2, -0.15) is 0 Å². The monoisotopic (exact) mass is 468 g/mol. The van der Waals surface area contributed by atoms with Gasteiger partial charge in [-0.1, -0.05) is 17.7 Å². The van der Waals surface area contributed by atoms with Crippen LogP contribution in [0.15, 0.2) is 41.2 Å². The number of pyridine rings is 2. The molecule has 33 heavy (non-hydrogen) atoms. The number of fused-ring (bicyclic) bond motifs is 2. The van der Waals surface area contributed by atoms with Gasteiger partial charge in [-0.3, -0.25) is 4.79 Å². The number of hydrogen-bond donors (Lipinski definition) is 2. The molecule has 0 saturated heterocycles. The number of rotatable bonds is 5. The minimum Gasteiger partial charge on any atom is -0.491 e. The largest absolute Gasteiger partial charge is 0.491 e. The molecule has 0 bridgehead atoms. The molecule has 0 radical (unpaired) electrons. The molecule has 2 N–H and O–H groups in total. The second-order valence-electron chi connectivity index (χ2n) is 7.09. The van der Waals surface area contributed by atoms with Crippen LogP contribution in [0.1, 0.15) is 26.5 Å². The average Bonchev–Trinajstić information content (AvgIpc) is 2.78. The molecule has 2 heterocycles. The number of aromatic nitrogens is 2. The summed E-state index contributed by atoms with van der Waals surface area (Å²) in [6, 6.07) is 9.58. The van der Waals surface area contributed by atoms with Gasteiger partial charge in [0.2, 0.25) is 5.43 Å². The summed E-state index contributed by atoms with van der Waals surface area (Å²) in [4.78, 5) is 44.8. The quantitative estimate of drug-likeness (QED) is 0.421. The summed E-state index contributed by atoms with van der Waals surface area (Å²) < 4.78 is 16.0. The van der Waals surface area contributed by atoms with Crippen LogP contribution >= 0.6 is 11.6 Å². The Balaban J connectivity index is 1.94. The van der Waals surface area contributed by atoms with Crippen molar-refractivity contribution < 1.29 is 28.9 Å². The van der Waals surface area contributed by atoms with Crippen LogP contribution in [0.25, 0.3) is 21.8 Å². The van der Waals surface area contributed by atoms with Gasteiger partial charge in [0.15, 0.2) is 28.6 Å². The van der Waals surface area contributed by atoms with Crippen molar-refractivity contribution in [3.05, 3.63) is 68.6 Å². The first-order valence-corrected chi connectivity index (χ1v) is 9.96. The molecule has 4 aromatic rings. The zero-order chi connectivity index (χ0) is 23.9. The SMILES string of the molecule is COc1c(C(=O)O)nc2cc(C)ccc2c1OC(=O)c1[nH]c2cc(Cl)ccc2c(=O)c1OC. The van der Waals surface area contributed by atoms with E-state index in [-0.39, 0.29) is 28.3 Å². The number of carbonyl (C=O) groups excluding carboxylic acids is 1. The Morgan fingerprint density at radius 1 is 1.00 bits per heavy atom. The molecule has 2 aromatic carbocycles. The Labute approximate surface area is 191 Å². The summed E-state index contributed by atoms with van der Waals surface area (Å²) in [5.41, 5.74) is 0.183. The van der Waals surface area contributed by atoms with Crippen LogP contribution in [0.5, 0.6) is 17.2 Å². The summed E-state index contributed by atoms with van der Waals surface area (Å²) >= 11 is 6.02. The van der Waals surface area contributed by atoms with Crippen LogP contribution in [0.4, 0.5) is 0 Å². The number of benzene rings is 2. The first-order valence-electron chi connectivity index (χ1n) is 9.58. The van der Waals surface area contributed by atoms with E-state index < -0.39 is 23.1 Å². The lowest BCUT2D eigenvalue weighted by Crippen LogP contribution is -2.19. The number of carboxylic acids is 1. The third-order valence-electron chi connectivity index (χ3n) is 4.98. The van der Waals surface area contributed by atoms with Crippen molar-refractivity contribution >= 4 is 45.3 Å². The normalized spacial score (nSPS) is 10.9. The van der Waals surface area contributed by atoms with Crippen LogP contribution in [-0.2, 0) is 0 Å². The number of carbonyl (C=O) groups is 2. The number of ether oxygens (including phenoxy) is 3. The van der Waals surface area contributed by atoms with E-state index in [1.54, 1.807) is 24.3 Å². The number of nitrogens with zero attached hydrogens (tertiary/aromatic N) is 1. The van der Waals surface area contributed by atoms with E-state index in [9.17, 15) is 19.5 Å². The second-order valence-corrected chi connectivity index (χ2v) is 7.53. The molecule has 0 aliphatic rings. The van der Waals surface area contributed by atoms with Crippen molar-refractivity contribution in [2.24, 2.45) is 0 Å². The number of methoxy groups -OCH3 is 2. The Morgan fingerprint density at radius 3 is 2.36 bits per heavy atom. The summed E-state index contributed by atoms with van der Waals surface area (Å²) in [5.74, 6) is -3.01. The zero-order valence-corrected chi connectivity index (χ0v) is 18.4. The van der Waals surface area contributed by atoms with Crippen molar-refractivity contribution in [1.82, 2.24) is 9.97 Å². The molecular weight excluding hydrogens is 452 g/mol. The summed E-state index contributed by atoms with van der Waals surface area (Å²) in [6.45, 7) is 1.81. The maximum Gasteiger partial charge on any atom is 0.364 e. The highest BCUT2D eigenvalue weighted by atomic mass is 35.5. The van der Waals surface area contributed by atoms with E-state index >= 15 is 0 Å². The molecule has 0 aliphatic carbocycles. The molecule has 0 saturated carbocycles. The second kappa shape index (κ2) is 8.44. The summed E-state index contributed by atoms with van der Waals surface area (Å²) in [7, 11) is 2.48. The summed E-state index contributed by atoms with van der Waals surface area (Å²) in [5, 5.41) is 10.6. The molecule has 10 heteroatoms. The molecule has 0 spiro atoms. The Bertz CT molecular complexity index is 1510. The van der Waals surface area contributed by atoms with Crippen LogP contribution in [0, 0.1) is 6.92 Å². The highest BCUT2D eigenvalue weighted by Crippen LogP contribution is 2.38. The van der Waals surface area contributed by atoms with Gasteiger partial charge >= 0.3 is 11.9 Å². The fourth-order valence-electron chi connectivity index (χ4n) is 3.49. The lowest BCUT2D eigenvalue weighted by Gasteiger charge is -2.15. The maximum atomic E-state index is 13.2. The van der Waals surface area contributed by atoms with E-state index in [1.807, 2.05) is 6.92 Å². The van der Waals surface area contributed by atoms with Crippen molar-refractivity contribution in [3.63, 3.8) is 0 Å².